The molecule has 0 aromatic heterocycles. The van der Waals surface area contributed by atoms with Crippen molar-refractivity contribution in [1.29, 1.82) is 0 Å². The van der Waals surface area contributed by atoms with Gasteiger partial charge in [-0.3, -0.25) is 0 Å². The monoisotopic (exact) mass is 268 g/mol. The standard InChI is InChI=1S/C16H28O3/c17-16(19-15-12-8-9-13-15)18-14-10-6-4-2-1-3-5-7-11-14/h14-15H,1-13H2. The first kappa shape index (κ1) is 14.7. The molecule has 19 heavy (non-hydrogen) atoms. The smallest absolute Gasteiger partial charge is 0.431 e. The highest BCUT2D eigenvalue weighted by Gasteiger charge is 2.22. The van der Waals surface area contributed by atoms with E-state index < -0.39 is 6.16 Å². The van der Waals surface area contributed by atoms with Crippen molar-refractivity contribution in [3.8, 4) is 0 Å². The summed E-state index contributed by atoms with van der Waals surface area (Å²) in [4.78, 5) is 11.8. The van der Waals surface area contributed by atoms with Gasteiger partial charge in [-0.2, -0.15) is 0 Å². The molecule has 0 atom stereocenters. The van der Waals surface area contributed by atoms with Crippen LogP contribution in [0.25, 0.3) is 0 Å². The van der Waals surface area contributed by atoms with Crippen LogP contribution in [0.15, 0.2) is 0 Å². The van der Waals surface area contributed by atoms with E-state index in [4.69, 9.17) is 9.47 Å². The van der Waals surface area contributed by atoms with Crippen LogP contribution < -0.4 is 0 Å². The summed E-state index contributed by atoms with van der Waals surface area (Å²) in [5.41, 5.74) is 0. The van der Waals surface area contributed by atoms with Crippen LogP contribution in [0.3, 0.4) is 0 Å². The van der Waals surface area contributed by atoms with Gasteiger partial charge in [0.25, 0.3) is 0 Å². The van der Waals surface area contributed by atoms with Gasteiger partial charge in [0.15, 0.2) is 0 Å². The fraction of sp³-hybridized carbons (Fsp3) is 0.938. The van der Waals surface area contributed by atoms with Crippen LogP contribution in [0.1, 0.15) is 83.5 Å². The quantitative estimate of drug-likeness (QED) is 0.663. The average molecular weight is 268 g/mol. The van der Waals surface area contributed by atoms with Crippen LogP contribution in [0, 0.1) is 0 Å². The SMILES string of the molecule is O=C(OC1CCCCCCCCC1)OC1CCCC1. The Labute approximate surface area is 117 Å². The summed E-state index contributed by atoms with van der Waals surface area (Å²) in [5.74, 6) is 0. The molecule has 0 aliphatic heterocycles. The van der Waals surface area contributed by atoms with E-state index >= 15 is 0 Å². The van der Waals surface area contributed by atoms with Gasteiger partial charge < -0.3 is 9.47 Å². The lowest BCUT2D eigenvalue weighted by Crippen LogP contribution is -2.22. The molecule has 3 heteroatoms. The van der Waals surface area contributed by atoms with Crippen LogP contribution in [0.5, 0.6) is 0 Å². The van der Waals surface area contributed by atoms with E-state index in [9.17, 15) is 4.79 Å². The lowest BCUT2D eigenvalue weighted by molar-refractivity contribution is -0.00560. The molecule has 2 saturated carbocycles. The van der Waals surface area contributed by atoms with Crippen molar-refractivity contribution in [3.63, 3.8) is 0 Å². The molecule has 110 valence electrons. The van der Waals surface area contributed by atoms with E-state index in [1.807, 2.05) is 0 Å². The summed E-state index contributed by atoms with van der Waals surface area (Å²) in [7, 11) is 0. The van der Waals surface area contributed by atoms with Crippen LogP contribution >= 0.6 is 0 Å². The van der Waals surface area contributed by atoms with Crippen LogP contribution in [-0.2, 0) is 9.47 Å². The van der Waals surface area contributed by atoms with Crippen molar-refractivity contribution in [2.45, 2.75) is 95.7 Å². The van der Waals surface area contributed by atoms with Crippen molar-refractivity contribution in [3.05, 3.63) is 0 Å². The molecule has 0 spiro atoms. The van der Waals surface area contributed by atoms with E-state index in [1.165, 1.54) is 57.8 Å². The Morgan fingerprint density at radius 3 is 1.32 bits per heavy atom. The van der Waals surface area contributed by atoms with Gasteiger partial charge in [0, 0.05) is 0 Å². The molecule has 2 aliphatic rings. The van der Waals surface area contributed by atoms with Gasteiger partial charge in [0.1, 0.15) is 12.2 Å². The summed E-state index contributed by atoms with van der Waals surface area (Å²) < 4.78 is 10.9. The molecule has 0 aromatic rings. The molecule has 0 saturated heterocycles. The first-order valence-corrected chi connectivity index (χ1v) is 8.22. The van der Waals surface area contributed by atoms with E-state index in [1.54, 1.807) is 0 Å². The number of carbonyl (C=O) groups excluding carboxylic acids is 1. The fourth-order valence-electron chi connectivity index (χ4n) is 3.20. The molecule has 0 amide bonds. The van der Waals surface area contributed by atoms with Crippen molar-refractivity contribution in [1.82, 2.24) is 0 Å². The normalized spacial score (nSPS) is 24.0. The third-order valence-electron chi connectivity index (χ3n) is 4.38. The Balaban J connectivity index is 1.69. The minimum Gasteiger partial charge on any atom is -0.431 e. The molecule has 2 aliphatic carbocycles. The molecule has 3 nitrogen and oxygen atoms in total. The predicted octanol–water partition coefficient (Wildman–Crippen LogP) is 4.98. The molecule has 0 heterocycles. The Morgan fingerprint density at radius 1 is 0.579 bits per heavy atom. The molecule has 0 N–H and O–H groups in total. The predicted molar refractivity (Wildman–Crippen MR) is 75.2 cm³/mol. The molecule has 0 bridgehead atoms. The second-order valence-electron chi connectivity index (χ2n) is 6.07. The van der Waals surface area contributed by atoms with Crippen molar-refractivity contribution in [2.24, 2.45) is 0 Å². The van der Waals surface area contributed by atoms with Gasteiger partial charge in [-0.1, -0.05) is 32.1 Å². The molecule has 2 rings (SSSR count). The number of rotatable bonds is 2. The number of hydrogen-bond acceptors (Lipinski definition) is 3. The summed E-state index contributed by atoms with van der Waals surface area (Å²) >= 11 is 0. The summed E-state index contributed by atoms with van der Waals surface area (Å²) in [6.45, 7) is 0. The van der Waals surface area contributed by atoms with Gasteiger partial charge >= 0.3 is 6.16 Å². The topological polar surface area (TPSA) is 35.5 Å². The lowest BCUT2D eigenvalue weighted by Gasteiger charge is -2.20. The highest BCUT2D eigenvalue weighted by atomic mass is 16.7. The van der Waals surface area contributed by atoms with Crippen LogP contribution in [-0.4, -0.2) is 18.4 Å². The van der Waals surface area contributed by atoms with Crippen LogP contribution in [0.2, 0.25) is 0 Å². The van der Waals surface area contributed by atoms with Gasteiger partial charge in [-0.05, 0) is 51.4 Å². The molecule has 0 unspecified atom stereocenters. The van der Waals surface area contributed by atoms with Crippen molar-refractivity contribution < 1.29 is 14.3 Å². The molecular weight excluding hydrogens is 240 g/mol. The Kier molecular flexibility index (Phi) is 6.52. The first-order chi connectivity index (χ1) is 9.34. The summed E-state index contributed by atoms with van der Waals surface area (Å²) in [6.07, 6.45) is 15.2. The van der Waals surface area contributed by atoms with E-state index in [-0.39, 0.29) is 12.2 Å². The Morgan fingerprint density at radius 2 is 0.895 bits per heavy atom. The highest BCUT2D eigenvalue weighted by molar-refractivity contribution is 5.60. The van der Waals surface area contributed by atoms with E-state index in [0.717, 1.165) is 25.7 Å². The zero-order valence-electron chi connectivity index (χ0n) is 12.1. The molecular formula is C16H28O3. The third kappa shape index (κ3) is 5.84. The largest absolute Gasteiger partial charge is 0.508 e. The maximum atomic E-state index is 11.8. The summed E-state index contributed by atoms with van der Waals surface area (Å²) in [5, 5.41) is 0. The molecule has 0 radical (unpaired) electrons. The fourth-order valence-corrected chi connectivity index (χ4v) is 3.20. The maximum absolute atomic E-state index is 11.8. The molecule has 2 fully saturated rings. The zero-order valence-corrected chi connectivity index (χ0v) is 12.1. The van der Waals surface area contributed by atoms with Gasteiger partial charge in [-0.25, -0.2) is 4.79 Å². The third-order valence-corrected chi connectivity index (χ3v) is 4.38. The number of hydrogen-bond donors (Lipinski definition) is 0. The zero-order chi connectivity index (χ0) is 13.3. The number of ether oxygens (including phenoxy) is 2. The highest BCUT2D eigenvalue weighted by Crippen LogP contribution is 2.23. The average Bonchev–Trinajstić information content (AvgIpc) is 2.90. The Bertz CT molecular complexity index is 249. The van der Waals surface area contributed by atoms with E-state index in [2.05, 4.69) is 0 Å². The second kappa shape index (κ2) is 8.44. The summed E-state index contributed by atoms with van der Waals surface area (Å²) in [6, 6.07) is 0. The van der Waals surface area contributed by atoms with Crippen LogP contribution in [0.4, 0.5) is 4.79 Å². The Hall–Kier alpha value is -0.730. The second-order valence-corrected chi connectivity index (χ2v) is 6.07. The van der Waals surface area contributed by atoms with Crippen molar-refractivity contribution in [2.75, 3.05) is 0 Å². The lowest BCUT2D eigenvalue weighted by atomic mass is 9.99. The first-order valence-electron chi connectivity index (χ1n) is 8.22. The number of carbonyl (C=O) groups is 1. The minimum atomic E-state index is -0.422. The minimum absolute atomic E-state index is 0.0898. The van der Waals surface area contributed by atoms with Crippen molar-refractivity contribution >= 4 is 6.16 Å². The van der Waals surface area contributed by atoms with Gasteiger partial charge in [0.05, 0.1) is 0 Å². The van der Waals surface area contributed by atoms with Gasteiger partial charge in [0.2, 0.25) is 0 Å². The maximum Gasteiger partial charge on any atom is 0.508 e. The van der Waals surface area contributed by atoms with Gasteiger partial charge in [-0.15, -0.1) is 0 Å². The van der Waals surface area contributed by atoms with E-state index in [0.29, 0.717) is 0 Å². The molecule has 0 aromatic carbocycles.